The van der Waals surface area contributed by atoms with E-state index in [0.29, 0.717) is 22.0 Å². The Morgan fingerprint density at radius 3 is 2.24 bits per heavy atom. The molecule has 0 amide bonds. The molecule has 0 bridgehead atoms. The minimum Gasteiger partial charge on any atom is -0.294 e. The summed E-state index contributed by atoms with van der Waals surface area (Å²) in [7, 11) is -3.06. The zero-order chi connectivity index (χ0) is 12.6. The van der Waals surface area contributed by atoms with Gasteiger partial charge in [0.15, 0.2) is 15.6 Å². The lowest BCUT2D eigenvalue weighted by Gasteiger charge is -2.07. The highest BCUT2D eigenvalue weighted by Crippen LogP contribution is 2.26. The van der Waals surface area contributed by atoms with E-state index in [2.05, 4.69) is 0 Å². The van der Waals surface area contributed by atoms with E-state index in [-0.39, 0.29) is 17.3 Å². The molecule has 2 rings (SSSR count). The molecular weight excluding hydrogens is 283 g/mol. The van der Waals surface area contributed by atoms with Gasteiger partial charge in [-0.2, -0.15) is 0 Å². The molecule has 3 nitrogen and oxygen atoms in total. The average molecular weight is 293 g/mol. The highest BCUT2D eigenvalue weighted by molar-refractivity contribution is 7.91. The van der Waals surface area contributed by atoms with Crippen molar-refractivity contribution in [3.8, 4) is 0 Å². The monoisotopic (exact) mass is 292 g/mol. The van der Waals surface area contributed by atoms with Crippen LogP contribution >= 0.6 is 23.2 Å². The van der Waals surface area contributed by atoms with Crippen LogP contribution in [0.3, 0.4) is 0 Å². The second kappa shape index (κ2) is 4.59. The molecule has 0 saturated carbocycles. The molecule has 1 fully saturated rings. The molecule has 1 atom stereocenters. The smallest absolute Gasteiger partial charge is 0.167 e. The molecule has 6 heteroatoms. The topological polar surface area (TPSA) is 51.2 Å². The van der Waals surface area contributed by atoms with Crippen LogP contribution < -0.4 is 0 Å². The lowest BCUT2D eigenvalue weighted by atomic mass is 9.97. The van der Waals surface area contributed by atoms with Gasteiger partial charge in [-0.25, -0.2) is 8.42 Å². The van der Waals surface area contributed by atoms with Crippen molar-refractivity contribution in [2.45, 2.75) is 6.42 Å². The average Bonchev–Trinajstić information content (AvgIpc) is 2.56. The Bertz CT molecular complexity index is 546. The molecule has 1 aliphatic rings. The molecule has 0 aliphatic carbocycles. The third kappa shape index (κ3) is 3.00. The molecule has 0 radical (unpaired) electrons. The van der Waals surface area contributed by atoms with Crippen molar-refractivity contribution in [2.75, 3.05) is 11.5 Å². The summed E-state index contributed by atoms with van der Waals surface area (Å²) in [6.07, 6.45) is 0.380. The Morgan fingerprint density at radius 2 is 1.76 bits per heavy atom. The second-order valence-corrected chi connectivity index (χ2v) is 7.22. The van der Waals surface area contributed by atoms with E-state index >= 15 is 0 Å². The van der Waals surface area contributed by atoms with Gasteiger partial charge in [0.05, 0.1) is 11.5 Å². The SMILES string of the molecule is O=C(c1cc(Cl)cc(Cl)c1)C1CCS(=O)(=O)C1. The van der Waals surface area contributed by atoms with E-state index in [1.807, 2.05) is 0 Å². The lowest BCUT2D eigenvalue weighted by Crippen LogP contribution is -2.16. The third-order valence-electron chi connectivity index (χ3n) is 2.75. The zero-order valence-electron chi connectivity index (χ0n) is 8.82. The fourth-order valence-corrected chi connectivity index (χ4v) is 4.20. The standard InChI is InChI=1S/C11H10Cl2O3S/c12-9-3-8(4-10(13)5-9)11(14)7-1-2-17(15,16)6-7/h3-5,7H,1-2,6H2. The largest absolute Gasteiger partial charge is 0.294 e. The van der Waals surface area contributed by atoms with Crippen molar-refractivity contribution in [2.24, 2.45) is 5.92 Å². The Labute approximate surface area is 110 Å². The van der Waals surface area contributed by atoms with E-state index in [0.717, 1.165) is 0 Å². The van der Waals surface area contributed by atoms with Crippen LogP contribution in [0.15, 0.2) is 18.2 Å². The Kier molecular flexibility index (Phi) is 3.48. The van der Waals surface area contributed by atoms with Crippen LogP contribution in [0, 0.1) is 5.92 Å². The Balaban J connectivity index is 2.26. The van der Waals surface area contributed by atoms with E-state index in [1.165, 1.54) is 18.2 Å². The van der Waals surface area contributed by atoms with Gasteiger partial charge in [-0.05, 0) is 24.6 Å². The minimum absolute atomic E-state index is 0.0734. The number of hydrogen-bond acceptors (Lipinski definition) is 3. The number of sulfone groups is 1. The summed E-state index contributed by atoms with van der Waals surface area (Å²) < 4.78 is 22.6. The van der Waals surface area contributed by atoms with Crippen molar-refractivity contribution in [3.63, 3.8) is 0 Å². The first-order chi connectivity index (χ1) is 7.87. The van der Waals surface area contributed by atoms with Gasteiger partial charge in [0.25, 0.3) is 0 Å². The van der Waals surface area contributed by atoms with E-state index in [4.69, 9.17) is 23.2 Å². The fourth-order valence-electron chi connectivity index (χ4n) is 1.93. The molecule has 0 aromatic heterocycles. The number of Topliss-reactive ketones (excluding diaryl/α,β-unsaturated/α-hetero) is 1. The van der Waals surface area contributed by atoms with Crippen molar-refractivity contribution >= 4 is 38.8 Å². The number of hydrogen-bond donors (Lipinski definition) is 0. The summed E-state index contributed by atoms with van der Waals surface area (Å²) >= 11 is 11.6. The van der Waals surface area contributed by atoms with Crippen molar-refractivity contribution in [1.82, 2.24) is 0 Å². The lowest BCUT2D eigenvalue weighted by molar-refractivity contribution is 0.0933. The number of carbonyl (C=O) groups excluding carboxylic acids is 1. The van der Waals surface area contributed by atoms with Gasteiger partial charge < -0.3 is 0 Å². The molecule has 1 aliphatic heterocycles. The van der Waals surface area contributed by atoms with Crippen molar-refractivity contribution in [3.05, 3.63) is 33.8 Å². The first-order valence-corrected chi connectivity index (χ1v) is 7.66. The summed E-state index contributed by atoms with van der Waals surface area (Å²) in [5.74, 6) is -0.654. The predicted octanol–water partition coefficient (Wildman–Crippen LogP) is 2.61. The first-order valence-electron chi connectivity index (χ1n) is 5.08. The molecular formula is C11H10Cl2O3S. The molecule has 17 heavy (non-hydrogen) atoms. The maximum absolute atomic E-state index is 12.1. The van der Waals surface area contributed by atoms with Gasteiger partial charge in [-0.15, -0.1) is 0 Å². The minimum atomic E-state index is -3.06. The van der Waals surface area contributed by atoms with E-state index in [9.17, 15) is 13.2 Å². The number of carbonyl (C=O) groups is 1. The normalized spacial score (nSPS) is 22.6. The third-order valence-corrected chi connectivity index (χ3v) is 4.95. The van der Waals surface area contributed by atoms with Gasteiger partial charge in [0, 0.05) is 21.5 Å². The molecule has 1 heterocycles. The summed E-state index contributed by atoms with van der Waals surface area (Å²) in [6.45, 7) is 0. The maximum atomic E-state index is 12.1. The summed E-state index contributed by atoms with van der Waals surface area (Å²) in [4.78, 5) is 12.1. The Hall–Kier alpha value is -0.580. The van der Waals surface area contributed by atoms with Gasteiger partial charge in [0.1, 0.15) is 0 Å². The molecule has 1 aromatic rings. The van der Waals surface area contributed by atoms with Crippen LogP contribution in [-0.2, 0) is 9.84 Å². The number of rotatable bonds is 2. The molecule has 1 saturated heterocycles. The van der Waals surface area contributed by atoms with Crippen LogP contribution in [-0.4, -0.2) is 25.7 Å². The highest BCUT2D eigenvalue weighted by atomic mass is 35.5. The van der Waals surface area contributed by atoms with Gasteiger partial charge in [-0.3, -0.25) is 4.79 Å². The van der Waals surface area contributed by atoms with Gasteiger partial charge >= 0.3 is 0 Å². The summed E-state index contributed by atoms with van der Waals surface area (Å²) in [5, 5.41) is 0.753. The van der Waals surface area contributed by atoms with Crippen LogP contribution in [0.1, 0.15) is 16.8 Å². The molecule has 1 aromatic carbocycles. The van der Waals surface area contributed by atoms with Crippen LogP contribution in [0.4, 0.5) is 0 Å². The van der Waals surface area contributed by atoms with Crippen molar-refractivity contribution < 1.29 is 13.2 Å². The zero-order valence-corrected chi connectivity index (χ0v) is 11.1. The highest BCUT2D eigenvalue weighted by Gasteiger charge is 2.33. The van der Waals surface area contributed by atoms with E-state index < -0.39 is 15.8 Å². The predicted molar refractivity (Wildman–Crippen MR) is 67.6 cm³/mol. The summed E-state index contributed by atoms with van der Waals surface area (Å²) in [6, 6.07) is 4.56. The maximum Gasteiger partial charge on any atom is 0.167 e. The Morgan fingerprint density at radius 1 is 1.18 bits per heavy atom. The first kappa shape index (κ1) is 12.9. The number of ketones is 1. The molecule has 1 unspecified atom stereocenters. The number of halogens is 2. The molecule has 0 spiro atoms. The number of benzene rings is 1. The van der Waals surface area contributed by atoms with E-state index in [1.54, 1.807) is 0 Å². The van der Waals surface area contributed by atoms with Gasteiger partial charge in [0.2, 0.25) is 0 Å². The van der Waals surface area contributed by atoms with Crippen LogP contribution in [0.25, 0.3) is 0 Å². The fraction of sp³-hybridized carbons (Fsp3) is 0.364. The molecule has 0 N–H and O–H groups in total. The van der Waals surface area contributed by atoms with Gasteiger partial charge in [-0.1, -0.05) is 23.2 Å². The second-order valence-electron chi connectivity index (χ2n) is 4.12. The van der Waals surface area contributed by atoms with Crippen molar-refractivity contribution in [1.29, 1.82) is 0 Å². The summed E-state index contributed by atoms with van der Waals surface area (Å²) in [5.41, 5.74) is 0.379. The van der Waals surface area contributed by atoms with Crippen LogP contribution in [0.2, 0.25) is 10.0 Å². The molecule has 92 valence electrons. The van der Waals surface area contributed by atoms with Crippen LogP contribution in [0.5, 0.6) is 0 Å². The quantitative estimate of drug-likeness (QED) is 0.788.